The van der Waals surface area contributed by atoms with Crippen molar-refractivity contribution < 1.29 is 29.7 Å². The van der Waals surface area contributed by atoms with Crippen LogP contribution in [0.2, 0.25) is 0 Å². The zero-order chi connectivity index (χ0) is 19.9. The molecule has 9 nitrogen and oxygen atoms in total. The normalized spacial score (nSPS) is 11.5. The molecule has 0 aromatic rings. The highest BCUT2D eigenvalue weighted by atomic mass is 16.4. The summed E-state index contributed by atoms with van der Waals surface area (Å²) >= 11 is 0. The Labute approximate surface area is 155 Å². The molecular weight excluding hydrogens is 342 g/mol. The van der Waals surface area contributed by atoms with Crippen LogP contribution in [0.5, 0.6) is 0 Å². The van der Waals surface area contributed by atoms with Gasteiger partial charge >= 0.3 is 11.9 Å². The van der Waals surface area contributed by atoms with Gasteiger partial charge in [0.2, 0.25) is 0 Å². The number of carboxylic acids is 2. The number of rotatable bonds is 17. The van der Waals surface area contributed by atoms with Gasteiger partial charge in [0.05, 0.1) is 26.2 Å². The highest BCUT2D eigenvalue weighted by Crippen LogP contribution is 1.99. The van der Waals surface area contributed by atoms with E-state index in [9.17, 15) is 14.4 Å². The number of Topliss-reactive ketones (excluding diaryl/α,β-unsaturated/α-hetero) is 1. The smallest absolute Gasteiger partial charge is 0.317 e. The number of hydrogen-bond donors (Lipinski definition) is 3. The van der Waals surface area contributed by atoms with E-state index in [1.807, 2.05) is 11.8 Å². The third-order valence-corrected chi connectivity index (χ3v) is 3.87. The summed E-state index contributed by atoms with van der Waals surface area (Å²) in [5.74, 6) is -1.87. The monoisotopic (exact) mass is 375 g/mol. The van der Waals surface area contributed by atoms with Crippen molar-refractivity contribution in [2.45, 2.75) is 26.7 Å². The van der Waals surface area contributed by atoms with E-state index in [2.05, 4.69) is 0 Å². The van der Waals surface area contributed by atoms with E-state index in [0.29, 0.717) is 39.3 Å². The number of aliphatic carboxylic acids is 2. The van der Waals surface area contributed by atoms with Crippen molar-refractivity contribution >= 4 is 17.7 Å². The molecule has 152 valence electrons. The molecule has 0 aliphatic rings. The van der Waals surface area contributed by atoms with E-state index in [4.69, 9.17) is 15.3 Å². The fraction of sp³-hybridized carbons (Fsp3) is 0.824. The third kappa shape index (κ3) is 13.7. The number of carbonyl (C=O) groups excluding carboxylic acids is 1. The summed E-state index contributed by atoms with van der Waals surface area (Å²) in [6, 6.07) is 0. The van der Waals surface area contributed by atoms with Crippen LogP contribution in [0.15, 0.2) is 0 Å². The van der Waals surface area contributed by atoms with Gasteiger partial charge in [-0.2, -0.15) is 0 Å². The Balaban J connectivity index is 4.66. The summed E-state index contributed by atoms with van der Waals surface area (Å²) in [4.78, 5) is 38.7. The molecule has 0 saturated heterocycles. The van der Waals surface area contributed by atoms with E-state index in [1.165, 1.54) is 6.92 Å². The molecular formula is C17H33N3O6. The van der Waals surface area contributed by atoms with Gasteiger partial charge in [0.25, 0.3) is 0 Å². The minimum absolute atomic E-state index is 0.0181. The highest BCUT2D eigenvalue weighted by Gasteiger charge is 2.16. The van der Waals surface area contributed by atoms with Crippen LogP contribution in [0, 0.1) is 0 Å². The molecule has 0 bridgehead atoms. The zero-order valence-corrected chi connectivity index (χ0v) is 15.9. The second-order valence-corrected chi connectivity index (χ2v) is 6.40. The molecule has 0 radical (unpaired) electrons. The van der Waals surface area contributed by atoms with E-state index < -0.39 is 11.9 Å². The van der Waals surface area contributed by atoms with Gasteiger partial charge in [-0.05, 0) is 19.9 Å². The van der Waals surface area contributed by atoms with Gasteiger partial charge in [-0.3, -0.25) is 29.1 Å². The molecule has 0 amide bonds. The van der Waals surface area contributed by atoms with E-state index in [0.717, 1.165) is 12.8 Å². The maximum Gasteiger partial charge on any atom is 0.317 e. The Morgan fingerprint density at radius 3 is 1.50 bits per heavy atom. The molecule has 0 spiro atoms. The van der Waals surface area contributed by atoms with Crippen LogP contribution in [0.1, 0.15) is 26.7 Å². The molecule has 0 saturated carbocycles. The SMILES string of the molecule is CCCCN(CCN(CCN(CCO)CC(C)=O)CC(=O)O)CC(=O)O. The standard InChI is InChI=1S/C17H33N3O6/c1-3-4-5-18(13-16(23)24)6-7-19(14-17(25)26)8-9-20(10-11-21)12-15(2)22/h21H,3-14H2,1-2H3,(H,23,24)(H,25,26). The van der Waals surface area contributed by atoms with Crippen molar-refractivity contribution in [2.75, 3.05) is 65.5 Å². The number of aliphatic hydroxyl groups is 1. The molecule has 26 heavy (non-hydrogen) atoms. The fourth-order valence-corrected chi connectivity index (χ4v) is 2.60. The predicted octanol–water partition coefficient (Wildman–Crippen LogP) is -0.557. The summed E-state index contributed by atoms with van der Waals surface area (Å²) in [6.07, 6.45) is 1.84. The van der Waals surface area contributed by atoms with Crippen LogP contribution >= 0.6 is 0 Å². The number of carboxylic acid groups (broad SMARTS) is 2. The summed E-state index contributed by atoms with van der Waals surface area (Å²) in [5.41, 5.74) is 0. The molecule has 0 rings (SSSR count). The average molecular weight is 375 g/mol. The van der Waals surface area contributed by atoms with E-state index in [1.54, 1.807) is 9.80 Å². The third-order valence-electron chi connectivity index (χ3n) is 3.87. The van der Waals surface area contributed by atoms with Crippen molar-refractivity contribution in [1.29, 1.82) is 0 Å². The van der Waals surface area contributed by atoms with Gasteiger partial charge in [-0.15, -0.1) is 0 Å². The van der Waals surface area contributed by atoms with Crippen LogP contribution in [0.4, 0.5) is 0 Å². The van der Waals surface area contributed by atoms with Crippen LogP contribution in [0.25, 0.3) is 0 Å². The average Bonchev–Trinajstić information content (AvgIpc) is 2.53. The first-order chi connectivity index (χ1) is 12.3. The molecule has 0 heterocycles. The summed E-state index contributed by atoms with van der Waals surface area (Å²) < 4.78 is 0. The van der Waals surface area contributed by atoms with Crippen molar-refractivity contribution in [1.82, 2.24) is 14.7 Å². The van der Waals surface area contributed by atoms with Crippen LogP contribution in [-0.2, 0) is 14.4 Å². The van der Waals surface area contributed by atoms with Crippen molar-refractivity contribution in [2.24, 2.45) is 0 Å². The van der Waals surface area contributed by atoms with Gasteiger partial charge in [0.1, 0.15) is 5.78 Å². The first kappa shape index (κ1) is 24.5. The molecule has 0 aromatic carbocycles. The molecule has 0 unspecified atom stereocenters. The van der Waals surface area contributed by atoms with Crippen LogP contribution in [0.3, 0.4) is 0 Å². The van der Waals surface area contributed by atoms with Crippen molar-refractivity contribution in [3.05, 3.63) is 0 Å². The second-order valence-electron chi connectivity index (χ2n) is 6.40. The maximum atomic E-state index is 11.3. The van der Waals surface area contributed by atoms with Gasteiger partial charge < -0.3 is 15.3 Å². The molecule has 0 atom stereocenters. The topological polar surface area (TPSA) is 122 Å². The lowest BCUT2D eigenvalue weighted by Crippen LogP contribution is -2.44. The lowest BCUT2D eigenvalue weighted by Gasteiger charge is -2.28. The first-order valence-electron chi connectivity index (χ1n) is 8.99. The zero-order valence-electron chi connectivity index (χ0n) is 15.9. The van der Waals surface area contributed by atoms with Gasteiger partial charge in [-0.1, -0.05) is 13.3 Å². The largest absolute Gasteiger partial charge is 0.480 e. The lowest BCUT2D eigenvalue weighted by atomic mass is 10.3. The number of aliphatic hydroxyl groups excluding tert-OH is 1. The fourth-order valence-electron chi connectivity index (χ4n) is 2.60. The summed E-state index contributed by atoms with van der Waals surface area (Å²) in [6.45, 7) is 6.20. The molecule has 0 aromatic heterocycles. The quantitative estimate of drug-likeness (QED) is 0.307. The number of carbonyl (C=O) groups is 3. The molecule has 0 aliphatic heterocycles. The minimum Gasteiger partial charge on any atom is -0.480 e. The number of nitrogens with zero attached hydrogens (tertiary/aromatic N) is 3. The van der Waals surface area contributed by atoms with Crippen LogP contribution in [-0.4, -0.2) is 113 Å². The van der Waals surface area contributed by atoms with Crippen LogP contribution < -0.4 is 0 Å². The Hall–Kier alpha value is -1.55. The van der Waals surface area contributed by atoms with E-state index in [-0.39, 0.29) is 32.0 Å². The number of unbranched alkanes of at least 4 members (excludes halogenated alkanes) is 1. The minimum atomic E-state index is -0.955. The Morgan fingerprint density at radius 2 is 1.15 bits per heavy atom. The Bertz CT molecular complexity index is 433. The summed E-state index contributed by atoms with van der Waals surface area (Å²) in [5, 5.41) is 27.2. The van der Waals surface area contributed by atoms with Gasteiger partial charge in [0.15, 0.2) is 0 Å². The Kier molecular flexibility index (Phi) is 13.7. The molecule has 9 heteroatoms. The molecule has 3 N–H and O–H groups in total. The maximum absolute atomic E-state index is 11.3. The highest BCUT2D eigenvalue weighted by molar-refractivity contribution is 5.77. The van der Waals surface area contributed by atoms with Crippen molar-refractivity contribution in [3.63, 3.8) is 0 Å². The predicted molar refractivity (Wildman–Crippen MR) is 97.3 cm³/mol. The summed E-state index contributed by atoms with van der Waals surface area (Å²) in [7, 11) is 0. The first-order valence-corrected chi connectivity index (χ1v) is 8.99. The van der Waals surface area contributed by atoms with Gasteiger partial charge in [-0.25, -0.2) is 0 Å². The number of ketones is 1. The van der Waals surface area contributed by atoms with Crippen molar-refractivity contribution in [3.8, 4) is 0 Å². The van der Waals surface area contributed by atoms with Gasteiger partial charge in [0, 0.05) is 32.7 Å². The number of hydrogen-bond acceptors (Lipinski definition) is 7. The van der Waals surface area contributed by atoms with E-state index >= 15 is 0 Å². The Morgan fingerprint density at radius 1 is 0.731 bits per heavy atom. The molecule has 0 fully saturated rings. The lowest BCUT2D eigenvalue weighted by molar-refractivity contribution is -0.140. The second kappa shape index (κ2) is 14.6. The molecule has 0 aliphatic carbocycles.